The second kappa shape index (κ2) is 8.68. The van der Waals surface area contributed by atoms with E-state index < -0.39 is 0 Å². The number of phenolic OH excluding ortho intramolecular Hbond substituents is 2. The van der Waals surface area contributed by atoms with Crippen LogP contribution in [0.3, 0.4) is 0 Å². The van der Waals surface area contributed by atoms with Crippen molar-refractivity contribution in [1.82, 2.24) is 20.3 Å². The Morgan fingerprint density at radius 1 is 1.07 bits per heavy atom. The fraction of sp³-hybridized carbons (Fsp3) is 0.211. The highest BCUT2D eigenvalue weighted by Gasteiger charge is 2.10. The van der Waals surface area contributed by atoms with Crippen LogP contribution in [0, 0.1) is 0 Å². The Kier molecular flexibility index (Phi) is 6.08. The van der Waals surface area contributed by atoms with Gasteiger partial charge in [0.05, 0.1) is 10.7 Å². The number of benzene rings is 2. The van der Waals surface area contributed by atoms with Crippen LogP contribution in [-0.4, -0.2) is 37.7 Å². The Hall–Kier alpha value is -2.87. The van der Waals surface area contributed by atoms with Crippen LogP contribution in [0.2, 0.25) is 0 Å². The molecule has 0 atom stereocenters. The number of hydrogen-bond acceptors (Lipinski definition) is 5. The Bertz CT molecular complexity index is 925. The minimum absolute atomic E-state index is 0.200. The van der Waals surface area contributed by atoms with Gasteiger partial charge in [-0.15, -0.1) is 5.10 Å². The van der Waals surface area contributed by atoms with E-state index in [-0.39, 0.29) is 23.1 Å². The molecule has 3 aromatic rings. The van der Waals surface area contributed by atoms with Gasteiger partial charge in [-0.25, -0.2) is 0 Å². The van der Waals surface area contributed by atoms with Crippen molar-refractivity contribution in [3.05, 3.63) is 70.0 Å². The van der Waals surface area contributed by atoms with E-state index in [4.69, 9.17) is 0 Å². The van der Waals surface area contributed by atoms with E-state index in [0.717, 1.165) is 11.1 Å². The number of carbonyl (C=O) groups excluding carboxylic acids is 1. The van der Waals surface area contributed by atoms with Gasteiger partial charge in [-0.2, -0.15) is 0 Å². The largest absolute Gasteiger partial charge is 0.508 e. The Morgan fingerprint density at radius 2 is 1.81 bits per heavy atom. The maximum atomic E-state index is 12.2. The maximum Gasteiger partial charge on any atom is 0.273 e. The minimum atomic E-state index is -0.271. The highest BCUT2D eigenvalue weighted by molar-refractivity contribution is 9.10. The monoisotopic (exact) mass is 430 g/mol. The van der Waals surface area contributed by atoms with Gasteiger partial charge in [0.25, 0.3) is 5.91 Å². The zero-order chi connectivity index (χ0) is 19.2. The summed E-state index contributed by atoms with van der Waals surface area (Å²) >= 11 is 3.29. The average molecular weight is 431 g/mol. The fourth-order valence-electron chi connectivity index (χ4n) is 2.53. The number of rotatable bonds is 7. The van der Waals surface area contributed by atoms with Gasteiger partial charge in [0.2, 0.25) is 0 Å². The van der Waals surface area contributed by atoms with Gasteiger partial charge >= 0.3 is 0 Å². The molecule has 0 fully saturated rings. The second-order valence-corrected chi connectivity index (χ2v) is 6.93. The Labute approximate surface area is 164 Å². The number of aromatic hydroxyl groups is 2. The third-order valence-electron chi connectivity index (χ3n) is 4.05. The van der Waals surface area contributed by atoms with Crippen LogP contribution in [0.5, 0.6) is 11.5 Å². The molecule has 27 heavy (non-hydrogen) atoms. The maximum absolute atomic E-state index is 12.2. The Morgan fingerprint density at radius 3 is 2.56 bits per heavy atom. The number of halogens is 1. The lowest BCUT2D eigenvalue weighted by Crippen LogP contribution is -2.26. The van der Waals surface area contributed by atoms with Crippen molar-refractivity contribution in [2.45, 2.75) is 19.4 Å². The zero-order valence-corrected chi connectivity index (χ0v) is 16.1. The summed E-state index contributed by atoms with van der Waals surface area (Å²) in [6, 6.07) is 12.2. The molecule has 1 amide bonds. The van der Waals surface area contributed by atoms with E-state index in [0.29, 0.717) is 30.4 Å². The van der Waals surface area contributed by atoms with Crippen LogP contribution >= 0.6 is 15.9 Å². The van der Waals surface area contributed by atoms with Crippen LogP contribution in [0.4, 0.5) is 0 Å². The molecule has 1 aromatic heterocycles. The van der Waals surface area contributed by atoms with Gasteiger partial charge < -0.3 is 15.5 Å². The van der Waals surface area contributed by atoms with Crippen molar-refractivity contribution in [1.29, 1.82) is 0 Å². The number of amides is 1. The highest BCUT2D eigenvalue weighted by atomic mass is 79.9. The highest BCUT2D eigenvalue weighted by Crippen LogP contribution is 2.24. The summed E-state index contributed by atoms with van der Waals surface area (Å²) in [4.78, 5) is 12.2. The van der Waals surface area contributed by atoms with Gasteiger partial charge in [0.15, 0.2) is 5.69 Å². The molecule has 0 saturated heterocycles. The summed E-state index contributed by atoms with van der Waals surface area (Å²) in [6.07, 6.45) is 2.98. The number of aromatic nitrogens is 3. The van der Waals surface area contributed by atoms with Crippen molar-refractivity contribution < 1.29 is 15.0 Å². The van der Waals surface area contributed by atoms with E-state index in [1.165, 1.54) is 0 Å². The second-order valence-electron chi connectivity index (χ2n) is 6.07. The van der Waals surface area contributed by atoms with Gasteiger partial charge in [0, 0.05) is 13.1 Å². The van der Waals surface area contributed by atoms with Gasteiger partial charge in [-0.3, -0.25) is 9.48 Å². The van der Waals surface area contributed by atoms with Crippen LogP contribution < -0.4 is 5.32 Å². The van der Waals surface area contributed by atoms with E-state index in [9.17, 15) is 15.0 Å². The molecule has 0 radical (unpaired) electrons. The standard InChI is InChI=1S/C19H19BrN4O3/c20-16-11-14(3-6-18(16)26)8-10-24-12-17(22-23-24)19(27)21-9-7-13-1-4-15(25)5-2-13/h1-6,11-12,25-26H,7-10H2,(H,21,27). The van der Waals surface area contributed by atoms with Crippen LogP contribution in [0.15, 0.2) is 53.1 Å². The lowest BCUT2D eigenvalue weighted by Gasteiger charge is -2.04. The molecule has 0 spiro atoms. The number of carbonyl (C=O) groups is 1. The van der Waals surface area contributed by atoms with E-state index in [2.05, 4.69) is 31.6 Å². The van der Waals surface area contributed by atoms with Crippen LogP contribution in [0.25, 0.3) is 0 Å². The predicted molar refractivity (Wildman–Crippen MR) is 104 cm³/mol. The molecular formula is C19H19BrN4O3. The molecular weight excluding hydrogens is 412 g/mol. The van der Waals surface area contributed by atoms with Crippen molar-refractivity contribution >= 4 is 21.8 Å². The normalized spacial score (nSPS) is 10.7. The third kappa shape index (κ3) is 5.30. The summed E-state index contributed by atoms with van der Waals surface area (Å²) < 4.78 is 2.27. The first kappa shape index (κ1) is 18.9. The number of nitrogens with zero attached hydrogens (tertiary/aromatic N) is 3. The first-order valence-electron chi connectivity index (χ1n) is 8.45. The zero-order valence-electron chi connectivity index (χ0n) is 14.5. The van der Waals surface area contributed by atoms with E-state index in [1.54, 1.807) is 29.1 Å². The molecule has 0 aliphatic rings. The van der Waals surface area contributed by atoms with Crippen molar-refractivity contribution in [2.75, 3.05) is 6.54 Å². The molecule has 0 aliphatic heterocycles. The van der Waals surface area contributed by atoms with E-state index in [1.807, 2.05) is 24.3 Å². The summed E-state index contributed by atoms with van der Waals surface area (Å²) in [7, 11) is 0. The summed E-state index contributed by atoms with van der Waals surface area (Å²) in [5.74, 6) is 0.150. The summed E-state index contributed by atoms with van der Waals surface area (Å²) in [5.41, 5.74) is 2.33. The molecule has 0 aliphatic carbocycles. The molecule has 2 aromatic carbocycles. The van der Waals surface area contributed by atoms with Crippen molar-refractivity contribution in [2.24, 2.45) is 0 Å². The molecule has 8 heteroatoms. The first-order valence-corrected chi connectivity index (χ1v) is 9.24. The Balaban J connectivity index is 1.48. The minimum Gasteiger partial charge on any atom is -0.508 e. The lowest BCUT2D eigenvalue weighted by atomic mass is 10.1. The lowest BCUT2D eigenvalue weighted by molar-refractivity contribution is 0.0949. The predicted octanol–water partition coefficient (Wildman–Crippen LogP) is 2.67. The SMILES string of the molecule is O=C(NCCc1ccc(O)cc1)c1cn(CCc2ccc(O)c(Br)c2)nn1. The van der Waals surface area contributed by atoms with E-state index >= 15 is 0 Å². The smallest absolute Gasteiger partial charge is 0.273 e. The topological polar surface area (TPSA) is 100 Å². The van der Waals surface area contributed by atoms with Crippen LogP contribution in [0.1, 0.15) is 21.6 Å². The first-order chi connectivity index (χ1) is 13.0. The van der Waals surface area contributed by atoms with Gasteiger partial charge in [-0.05, 0) is 64.2 Å². The molecule has 1 heterocycles. The number of aryl methyl sites for hydroxylation is 2. The molecule has 0 unspecified atom stereocenters. The number of hydrogen-bond donors (Lipinski definition) is 3. The molecule has 7 nitrogen and oxygen atoms in total. The van der Waals surface area contributed by atoms with Crippen LogP contribution in [-0.2, 0) is 19.4 Å². The fourth-order valence-corrected chi connectivity index (χ4v) is 2.96. The molecule has 3 N–H and O–H groups in total. The van der Waals surface area contributed by atoms with Gasteiger partial charge in [-0.1, -0.05) is 23.4 Å². The van der Waals surface area contributed by atoms with Crippen molar-refractivity contribution in [3.63, 3.8) is 0 Å². The summed E-state index contributed by atoms with van der Waals surface area (Å²) in [5, 5.41) is 29.5. The molecule has 0 bridgehead atoms. The van der Waals surface area contributed by atoms with Gasteiger partial charge in [0.1, 0.15) is 11.5 Å². The average Bonchev–Trinajstić information content (AvgIpc) is 3.13. The number of phenols is 2. The summed E-state index contributed by atoms with van der Waals surface area (Å²) in [6.45, 7) is 1.04. The molecule has 140 valence electrons. The number of nitrogens with one attached hydrogen (secondary N) is 1. The third-order valence-corrected chi connectivity index (χ3v) is 4.68. The molecule has 0 saturated carbocycles. The van der Waals surface area contributed by atoms with Crippen molar-refractivity contribution in [3.8, 4) is 11.5 Å². The quantitative estimate of drug-likeness (QED) is 0.534. The molecule has 3 rings (SSSR count).